The fraction of sp³-hybridized carbons (Fsp3) is 0.357. The number of ether oxygens (including phenoxy) is 1. The molecule has 0 amide bonds. The summed E-state index contributed by atoms with van der Waals surface area (Å²) in [4.78, 5) is 4.24. The first-order valence-corrected chi connectivity index (χ1v) is 6.43. The van der Waals surface area contributed by atoms with E-state index < -0.39 is 0 Å². The van der Waals surface area contributed by atoms with E-state index in [4.69, 9.17) is 16.3 Å². The summed E-state index contributed by atoms with van der Waals surface area (Å²) in [6.07, 6.45) is 3.65. The van der Waals surface area contributed by atoms with Crippen LogP contribution in [0.4, 0.5) is 0 Å². The van der Waals surface area contributed by atoms with Gasteiger partial charge in [0.15, 0.2) is 0 Å². The van der Waals surface area contributed by atoms with Crippen LogP contribution >= 0.6 is 11.6 Å². The van der Waals surface area contributed by atoms with Crippen molar-refractivity contribution in [2.45, 2.75) is 19.4 Å². The Morgan fingerprint density at radius 3 is 2.74 bits per heavy atom. The summed E-state index contributed by atoms with van der Waals surface area (Å²) in [5.41, 5.74) is 1.86. The van der Waals surface area contributed by atoms with Crippen molar-refractivity contribution in [3.63, 3.8) is 0 Å². The summed E-state index contributed by atoms with van der Waals surface area (Å²) in [6, 6.07) is 5.67. The molecule has 0 bridgehead atoms. The molecule has 102 valence electrons. The van der Waals surface area contributed by atoms with Gasteiger partial charge < -0.3 is 14.6 Å². The molecule has 1 aromatic carbocycles. The molecule has 0 spiro atoms. The number of imidazole rings is 1. The highest BCUT2D eigenvalue weighted by Gasteiger charge is 2.23. The smallest absolute Gasteiger partial charge is 0.139 e. The number of hydrogen-bond acceptors (Lipinski definition) is 3. The number of nitrogens with zero attached hydrogens (tertiary/aromatic N) is 2. The monoisotopic (exact) mass is 279 g/mol. The van der Waals surface area contributed by atoms with Crippen molar-refractivity contribution in [3.8, 4) is 11.4 Å². The number of aromatic nitrogens is 2. The molecule has 1 N–H and O–H groups in total. The summed E-state index contributed by atoms with van der Waals surface area (Å²) in [5, 5.41) is 3.87. The van der Waals surface area contributed by atoms with Gasteiger partial charge in [0.2, 0.25) is 0 Å². The summed E-state index contributed by atoms with van der Waals surface area (Å²) < 4.78 is 7.28. The van der Waals surface area contributed by atoms with Crippen LogP contribution in [0.2, 0.25) is 5.02 Å². The Morgan fingerprint density at radius 1 is 1.37 bits per heavy atom. The van der Waals surface area contributed by atoms with Crippen LogP contribution in [0.1, 0.15) is 19.5 Å². The molecule has 2 rings (SSSR count). The van der Waals surface area contributed by atoms with E-state index in [1.807, 2.05) is 36.0 Å². The highest BCUT2D eigenvalue weighted by molar-refractivity contribution is 6.32. The van der Waals surface area contributed by atoms with Crippen molar-refractivity contribution in [1.82, 2.24) is 14.9 Å². The van der Waals surface area contributed by atoms with Crippen molar-refractivity contribution >= 4 is 11.6 Å². The van der Waals surface area contributed by atoms with Crippen molar-refractivity contribution in [1.29, 1.82) is 0 Å². The quantitative estimate of drug-likeness (QED) is 0.935. The molecule has 0 unspecified atom stereocenters. The zero-order valence-electron chi connectivity index (χ0n) is 11.6. The van der Waals surface area contributed by atoms with Crippen molar-refractivity contribution in [3.05, 3.63) is 41.4 Å². The normalized spacial score (nSPS) is 11.6. The molecule has 19 heavy (non-hydrogen) atoms. The topological polar surface area (TPSA) is 39.1 Å². The van der Waals surface area contributed by atoms with Gasteiger partial charge in [0, 0.05) is 6.07 Å². The highest BCUT2D eigenvalue weighted by atomic mass is 35.5. The minimum atomic E-state index is -0.177. The van der Waals surface area contributed by atoms with Gasteiger partial charge in [-0.25, -0.2) is 4.98 Å². The third-order valence-electron chi connectivity index (χ3n) is 3.32. The molecule has 1 aromatic heterocycles. The summed E-state index contributed by atoms with van der Waals surface area (Å²) in [6.45, 7) is 4.21. The average molecular weight is 280 g/mol. The maximum atomic E-state index is 6.05. The molecule has 0 aliphatic carbocycles. The van der Waals surface area contributed by atoms with Gasteiger partial charge in [-0.3, -0.25) is 0 Å². The van der Waals surface area contributed by atoms with Gasteiger partial charge in [0.1, 0.15) is 5.75 Å². The van der Waals surface area contributed by atoms with E-state index in [0.29, 0.717) is 10.8 Å². The second-order valence-electron chi connectivity index (χ2n) is 4.84. The van der Waals surface area contributed by atoms with Gasteiger partial charge in [0.25, 0.3) is 0 Å². The lowest BCUT2D eigenvalue weighted by Crippen LogP contribution is -2.35. The minimum absolute atomic E-state index is 0.177. The molecule has 0 saturated heterocycles. The van der Waals surface area contributed by atoms with E-state index in [1.54, 1.807) is 13.4 Å². The van der Waals surface area contributed by atoms with Gasteiger partial charge >= 0.3 is 0 Å². The third-order valence-corrected chi connectivity index (χ3v) is 3.63. The van der Waals surface area contributed by atoms with Crippen LogP contribution < -0.4 is 10.1 Å². The van der Waals surface area contributed by atoms with Gasteiger partial charge in [-0.1, -0.05) is 11.6 Å². The van der Waals surface area contributed by atoms with Crippen LogP contribution in [0, 0.1) is 0 Å². The van der Waals surface area contributed by atoms with Crippen LogP contribution in [0.3, 0.4) is 0 Å². The zero-order chi connectivity index (χ0) is 14.0. The predicted octanol–water partition coefficient (Wildman–Crippen LogP) is 2.99. The highest BCUT2D eigenvalue weighted by Crippen LogP contribution is 2.29. The lowest BCUT2D eigenvalue weighted by molar-refractivity contribution is 0.413. The Labute approximate surface area is 118 Å². The second-order valence-corrected chi connectivity index (χ2v) is 5.25. The van der Waals surface area contributed by atoms with Gasteiger partial charge in [-0.15, -0.1) is 0 Å². The number of halogens is 1. The van der Waals surface area contributed by atoms with E-state index >= 15 is 0 Å². The standard InChI is InChI=1S/C14H18ClN3O/c1-14(2,16-3)13-8-17-9-18(13)10-5-6-11(15)12(7-10)19-4/h5-9,16H,1-4H3. The lowest BCUT2D eigenvalue weighted by atomic mass is 10.0. The van der Waals surface area contributed by atoms with Crippen LogP contribution in [0.15, 0.2) is 30.7 Å². The van der Waals surface area contributed by atoms with Crippen molar-refractivity contribution in [2.75, 3.05) is 14.2 Å². The Morgan fingerprint density at radius 2 is 2.11 bits per heavy atom. The molecule has 0 aliphatic heterocycles. The second kappa shape index (κ2) is 5.23. The van der Waals surface area contributed by atoms with E-state index in [0.717, 1.165) is 11.4 Å². The Hall–Kier alpha value is -1.52. The first-order chi connectivity index (χ1) is 8.99. The Bertz CT molecular complexity index is 578. The minimum Gasteiger partial charge on any atom is -0.495 e. The number of methoxy groups -OCH3 is 1. The van der Waals surface area contributed by atoms with E-state index in [1.165, 1.54) is 0 Å². The summed E-state index contributed by atoms with van der Waals surface area (Å²) >= 11 is 6.05. The SMILES string of the molecule is CNC(C)(C)c1cncn1-c1ccc(Cl)c(OC)c1. The largest absolute Gasteiger partial charge is 0.495 e. The fourth-order valence-electron chi connectivity index (χ4n) is 1.89. The summed E-state index contributed by atoms with van der Waals surface area (Å²) in [5.74, 6) is 0.654. The van der Waals surface area contributed by atoms with Gasteiger partial charge in [-0.2, -0.15) is 0 Å². The molecule has 0 atom stereocenters. The first-order valence-electron chi connectivity index (χ1n) is 6.05. The zero-order valence-corrected chi connectivity index (χ0v) is 12.3. The van der Waals surface area contributed by atoms with E-state index in [9.17, 15) is 0 Å². The predicted molar refractivity (Wildman–Crippen MR) is 77.2 cm³/mol. The molecule has 2 aromatic rings. The van der Waals surface area contributed by atoms with Crippen LogP contribution in [0.25, 0.3) is 5.69 Å². The number of rotatable bonds is 4. The van der Waals surface area contributed by atoms with Crippen LogP contribution in [-0.4, -0.2) is 23.7 Å². The molecule has 4 nitrogen and oxygen atoms in total. The van der Waals surface area contributed by atoms with Crippen molar-refractivity contribution < 1.29 is 4.74 Å². The van der Waals surface area contributed by atoms with Crippen LogP contribution in [-0.2, 0) is 5.54 Å². The molecule has 0 fully saturated rings. The molecular formula is C14H18ClN3O. The van der Waals surface area contributed by atoms with E-state index in [2.05, 4.69) is 24.1 Å². The van der Waals surface area contributed by atoms with Crippen LogP contribution in [0.5, 0.6) is 5.75 Å². The molecule has 0 aliphatic rings. The maximum absolute atomic E-state index is 6.05. The Kier molecular flexibility index (Phi) is 3.83. The molecule has 5 heteroatoms. The lowest BCUT2D eigenvalue weighted by Gasteiger charge is -2.25. The Balaban J connectivity index is 2.52. The summed E-state index contributed by atoms with van der Waals surface area (Å²) in [7, 11) is 3.54. The molecule has 0 radical (unpaired) electrons. The fourth-order valence-corrected chi connectivity index (χ4v) is 2.08. The third kappa shape index (κ3) is 2.60. The molecular weight excluding hydrogens is 262 g/mol. The maximum Gasteiger partial charge on any atom is 0.139 e. The number of benzene rings is 1. The van der Waals surface area contributed by atoms with Crippen molar-refractivity contribution in [2.24, 2.45) is 0 Å². The first kappa shape index (κ1) is 13.9. The van der Waals surface area contributed by atoms with Gasteiger partial charge in [0.05, 0.1) is 41.6 Å². The average Bonchev–Trinajstić information content (AvgIpc) is 2.89. The van der Waals surface area contributed by atoms with E-state index in [-0.39, 0.29) is 5.54 Å². The molecule has 0 saturated carbocycles. The number of hydrogen-bond donors (Lipinski definition) is 1. The van der Waals surface area contributed by atoms with Gasteiger partial charge in [-0.05, 0) is 33.0 Å². The molecule has 1 heterocycles. The number of nitrogens with one attached hydrogen (secondary N) is 1.